The summed E-state index contributed by atoms with van der Waals surface area (Å²) in [5.41, 5.74) is 2.21. The van der Waals surface area contributed by atoms with Gasteiger partial charge in [-0.25, -0.2) is 9.37 Å². The SMILES string of the molecule is COc1cccc2oc(-c3nc4ccccc4c(=O)n3N=Cc3cccc(OCc4cccc(F)c4)c3)cc12. The van der Waals surface area contributed by atoms with Crippen molar-refractivity contribution < 1.29 is 18.3 Å². The quantitative estimate of drug-likeness (QED) is 0.228. The maximum Gasteiger partial charge on any atom is 0.282 e. The highest BCUT2D eigenvalue weighted by Gasteiger charge is 2.17. The fourth-order valence-electron chi connectivity index (χ4n) is 4.32. The monoisotopic (exact) mass is 519 g/mol. The van der Waals surface area contributed by atoms with Gasteiger partial charge < -0.3 is 13.9 Å². The topological polar surface area (TPSA) is 78.9 Å². The Morgan fingerprint density at radius 2 is 1.79 bits per heavy atom. The minimum atomic E-state index is -0.335. The van der Waals surface area contributed by atoms with Crippen LogP contribution in [0.2, 0.25) is 0 Å². The van der Waals surface area contributed by atoms with E-state index < -0.39 is 0 Å². The second kappa shape index (κ2) is 10.3. The third-order valence-corrected chi connectivity index (χ3v) is 6.19. The molecule has 0 saturated carbocycles. The van der Waals surface area contributed by atoms with E-state index in [-0.39, 0.29) is 23.8 Å². The molecular weight excluding hydrogens is 497 g/mol. The summed E-state index contributed by atoms with van der Waals surface area (Å²) in [5, 5.41) is 5.70. The van der Waals surface area contributed by atoms with Gasteiger partial charge in [0.2, 0.25) is 5.82 Å². The third kappa shape index (κ3) is 4.87. The fourth-order valence-corrected chi connectivity index (χ4v) is 4.32. The predicted molar refractivity (Wildman–Crippen MR) is 148 cm³/mol. The van der Waals surface area contributed by atoms with Gasteiger partial charge in [0, 0.05) is 0 Å². The van der Waals surface area contributed by atoms with E-state index in [0.717, 1.165) is 10.9 Å². The van der Waals surface area contributed by atoms with Crippen LogP contribution in [0.4, 0.5) is 4.39 Å². The maximum absolute atomic E-state index is 13.5. The first kappa shape index (κ1) is 24.1. The van der Waals surface area contributed by atoms with Crippen LogP contribution in [-0.2, 0) is 6.61 Å². The molecule has 2 aromatic heterocycles. The molecule has 0 unspecified atom stereocenters. The van der Waals surface area contributed by atoms with Crippen LogP contribution in [0.15, 0.2) is 111 Å². The van der Waals surface area contributed by atoms with Crippen LogP contribution in [0.1, 0.15) is 11.1 Å². The maximum atomic E-state index is 13.5. The van der Waals surface area contributed by atoms with Crippen LogP contribution in [0.3, 0.4) is 0 Å². The van der Waals surface area contributed by atoms with E-state index in [2.05, 4.69) is 5.10 Å². The summed E-state index contributed by atoms with van der Waals surface area (Å²) < 4.78 is 32.1. The molecule has 6 aromatic rings. The average Bonchev–Trinajstić information content (AvgIpc) is 3.40. The summed E-state index contributed by atoms with van der Waals surface area (Å²) in [4.78, 5) is 18.2. The minimum absolute atomic E-state index is 0.214. The highest BCUT2D eigenvalue weighted by Crippen LogP contribution is 2.32. The summed E-state index contributed by atoms with van der Waals surface area (Å²) in [6.45, 7) is 0.214. The Balaban J connectivity index is 1.38. The number of aromatic nitrogens is 2. The summed E-state index contributed by atoms with van der Waals surface area (Å²) in [6, 6.07) is 27.9. The zero-order chi connectivity index (χ0) is 26.8. The van der Waals surface area contributed by atoms with E-state index in [1.807, 2.05) is 36.4 Å². The van der Waals surface area contributed by atoms with Gasteiger partial charge >= 0.3 is 0 Å². The zero-order valence-corrected chi connectivity index (χ0v) is 20.9. The molecular formula is C31H22FN3O4. The van der Waals surface area contributed by atoms with Gasteiger partial charge in [-0.2, -0.15) is 9.78 Å². The smallest absolute Gasteiger partial charge is 0.282 e. The van der Waals surface area contributed by atoms with Crippen molar-refractivity contribution in [3.05, 3.63) is 124 Å². The van der Waals surface area contributed by atoms with Gasteiger partial charge in [0.25, 0.3) is 5.56 Å². The lowest BCUT2D eigenvalue weighted by Crippen LogP contribution is -2.20. The summed E-state index contributed by atoms with van der Waals surface area (Å²) in [6.07, 6.45) is 1.56. The van der Waals surface area contributed by atoms with Gasteiger partial charge in [-0.15, -0.1) is 0 Å². The third-order valence-electron chi connectivity index (χ3n) is 6.19. The standard InChI is InChI=1S/C31H22FN3O4/c1-37-27-13-6-14-28-25(27)17-29(39-28)30-34-26-12-3-2-11-24(26)31(36)35(30)33-18-20-7-5-10-23(16-20)38-19-21-8-4-9-22(32)15-21/h2-18H,19H2,1H3. The van der Waals surface area contributed by atoms with E-state index in [1.165, 1.54) is 16.8 Å². The molecule has 0 aliphatic carbocycles. The first-order valence-electron chi connectivity index (χ1n) is 12.2. The number of hydrogen-bond acceptors (Lipinski definition) is 6. The average molecular weight is 520 g/mol. The molecule has 192 valence electrons. The van der Waals surface area contributed by atoms with Crippen LogP contribution in [0.5, 0.6) is 11.5 Å². The van der Waals surface area contributed by atoms with Crippen molar-refractivity contribution in [1.29, 1.82) is 0 Å². The second-order valence-corrected chi connectivity index (χ2v) is 8.79. The van der Waals surface area contributed by atoms with Crippen molar-refractivity contribution in [3.8, 4) is 23.1 Å². The molecule has 0 saturated heterocycles. The number of fused-ring (bicyclic) bond motifs is 2. The van der Waals surface area contributed by atoms with Crippen LogP contribution >= 0.6 is 0 Å². The Morgan fingerprint density at radius 1 is 0.949 bits per heavy atom. The summed E-state index contributed by atoms with van der Waals surface area (Å²) in [7, 11) is 1.59. The number of para-hydroxylation sites is 1. The molecule has 39 heavy (non-hydrogen) atoms. The fraction of sp³-hybridized carbons (Fsp3) is 0.0645. The van der Waals surface area contributed by atoms with Crippen LogP contribution in [0.25, 0.3) is 33.5 Å². The van der Waals surface area contributed by atoms with E-state index in [1.54, 1.807) is 61.9 Å². The molecule has 0 bridgehead atoms. The second-order valence-electron chi connectivity index (χ2n) is 8.79. The Kier molecular flexibility index (Phi) is 6.34. The Bertz CT molecular complexity index is 1910. The van der Waals surface area contributed by atoms with Crippen molar-refractivity contribution >= 4 is 28.1 Å². The zero-order valence-electron chi connectivity index (χ0n) is 20.9. The molecule has 0 atom stereocenters. The molecule has 0 radical (unpaired) electrons. The highest BCUT2D eigenvalue weighted by atomic mass is 19.1. The lowest BCUT2D eigenvalue weighted by atomic mass is 10.2. The number of benzene rings is 4. The Morgan fingerprint density at radius 3 is 2.67 bits per heavy atom. The van der Waals surface area contributed by atoms with Gasteiger partial charge in [-0.05, 0) is 65.7 Å². The van der Waals surface area contributed by atoms with Gasteiger partial charge in [0.05, 0.1) is 29.6 Å². The highest BCUT2D eigenvalue weighted by molar-refractivity contribution is 5.88. The molecule has 0 aliphatic heterocycles. The predicted octanol–water partition coefficient (Wildman–Crippen LogP) is 6.42. The number of furan rings is 1. The van der Waals surface area contributed by atoms with Crippen LogP contribution in [-0.4, -0.2) is 23.0 Å². The molecule has 0 N–H and O–H groups in total. The molecule has 0 spiro atoms. The number of hydrogen-bond donors (Lipinski definition) is 0. The van der Waals surface area contributed by atoms with Crippen molar-refractivity contribution in [1.82, 2.24) is 9.66 Å². The first-order valence-corrected chi connectivity index (χ1v) is 12.2. The van der Waals surface area contributed by atoms with E-state index in [4.69, 9.17) is 18.9 Å². The Labute approximate surface area is 222 Å². The van der Waals surface area contributed by atoms with Crippen molar-refractivity contribution in [2.45, 2.75) is 6.61 Å². The first-order chi connectivity index (χ1) is 19.1. The van der Waals surface area contributed by atoms with Crippen molar-refractivity contribution in [2.75, 3.05) is 7.11 Å². The van der Waals surface area contributed by atoms with Gasteiger partial charge in [0.1, 0.15) is 29.5 Å². The molecule has 8 heteroatoms. The van der Waals surface area contributed by atoms with Crippen molar-refractivity contribution in [3.63, 3.8) is 0 Å². The largest absolute Gasteiger partial charge is 0.496 e. The van der Waals surface area contributed by atoms with E-state index in [0.29, 0.717) is 39.3 Å². The number of halogens is 1. The molecule has 4 aromatic carbocycles. The summed E-state index contributed by atoms with van der Waals surface area (Å²) in [5.74, 6) is 1.55. The number of ether oxygens (including phenoxy) is 2. The van der Waals surface area contributed by atoms with E-state index in [9.17, 15) is 9.18 Å². The normalized spacial score (nSPS) is 11.4. The van der Waals surface area contributed by atoms with Gasteiger partial charge in [-0.1, -0.05) is 42.5 Å². The number of nitrogens with zero attached hydrogens (tertiary/aromatic N) is 3. The molecule has 6 rings (SSSR count). The van der Waals surface area contributed by atoms with Crippen LogP contribution in [0, 0.1) is 5.82 Å². The lowest BCUT2D eigenvalue weighted by Gasteiger charge is -2.08. The lowest BCUT2D eigenvalue weighted by molar-refractivity contribution is 0.305. The van der Waals surface area contributed by atoms with Crippen LogP contribution < -0.4 is 15.0 Å². The Hall–Kier alpha value is -5.24. The number of rotatable bonds is 7. The molecule has 7 nitrogen and oxygen atoms in total. The van der Waals surface area contributed by atoms with Gasteiger partial charge in [0.15, 0.2) is 5.76 Å². The molecule has 0 amide bonds. The molecule has 2 heterocycles. The molecule has 0 aliphatic rings. The number of methoxy groups -OCH3 is 1. The van der Waals surface area contributed by atoms with E-state index >= 15 is 0 Å². The minimum Gasteiger partial charge on any atom is -0.496 e. The summed E-state index contributed by atoms with van der Waals surface area (Å²) >= 11 is 0. The van der Waals surface area contributed by atoms with Crippen molar-refractivity contribution in [2.24, 2.45) is 5.10 Å². The molecule has 0 fully saturated rings. The van der Waals surface area contributed by atoms with Gasteiger partial charge in [-0.3, -0.25) is 4.79 Å².